The standard InChI is InChI=1S/C19H24FN/c1-4-21-13-16-7-10-19(20)18(12-16)17-8-5-15(6-9-17)11-14(2)3/h5-10,12,14,21H,4,11,13H2,1-3H3. The van der Waals surface area contributed by atoms with Gasteiger partial charge >= 0.3 is 0 Å². The summed E-state index contributed by atoms with van der Waals surface area (Å²) in [6.45, 7) is 8.17. The van der Waals surface area contributed by atoms with Crippen LogP contribution in [0.25, 0.3) is 11.1 Å². The van der Waals surface area contributed by atoms with Crippen molar-refractivity contribution in [1.29, 1.82) is 0 Å². The van der Waals surface area contributed by atoms with Gasteiger partial charge in [-0.3, -0.25) is 0 Å². The summed E-state index contributed by atoms with van der Waals surface area (Å²) in [6, 6.07) is 13.6. The molecule has 1 N–H and O–H groups in total. The molecule has 2 aromatic rings. The Labute approximate surface area is 127 Å². The summed E-state index contributed by atoms with van der Waals surface area (Å²) < 4.78 is 14.1. The zero-order valence-corrected chi connectivity index (χ0v) is 13.1. The first-order valence-corrected chi connectivity index (χ1v) is 7.68. The minimum absolute atomic E-state index is 0.160. The minimum atomic E-state index is -0.160. The molecule has 0 atom stereocenters. The molecule has 0 aromatic heterocycles. The van der Waals surface area contributed by atoms with E-state index in [1.165, 1.54) is 5.56 Å². The number of nitrogens with one attached hydrogen (secondary N) is 1. The van der Waals surface area contributed by atoms with Gasteiger partial charge in [-0.1, -0.05) is 51.1 Å². The number of benzene rings is 2. The molecule has 0 fully saturated rings. The summed E-state index contributed by atoms with van der Waals surface area (Å²) in [5.74, 6) is 0.475. The third-order valence-corrected chi connectivity index (χ3v) is 3.52. The predicted molar refractivity (Wildman–Crippen MR) is 87.8 cm³/mol. The average molecular weight is 285 g/mol. The second kappa shape index (κ2) is 7.37. The zero-order chi connectivity index (χ0) is 15.2. The van der Waals surface area contributed by atoms with E-state index in [-0.39, 0.29) is 5.82 Å². The van der Waals surface area contributed by atoms with Gasteiger partial charge in [0.05, 0.1) is 0 Å². The lowest BCUT2D eigenvalue weighted by Gasteiger charge is -2.09. The second-order valence-corrected chi connectivity index (χ2v) is 5.89. The predicted octanol–water partition coefficient (Wildman–Crippen LogP) is 4.80. The van der Waals surface area contributed by atoms with Crippen molar-refractivity contribution in [3.63, 3.8) is 0 Å². The van der Waals surface area contributed by atoms with E-state index < -0.39 is 0 Å². The van der Waals surface area contributed by atoms with Crippen LogP contribution in [0.5, 0.6) is 0 Å². The first-order chi connectivity index (χ1) is 10.1. The molecule has 21 heavy (non-hydrogen) atoms. The summed E-state index contributed by atoms with van der Waals surface area (Å²) in [6.07, 6.45) is 1.06. The van der Waals surface area contributed by atoms with Gasteiger partial charge < -0.3 is 5.32 Å². The van der Waals surface area contributed by atoms with E-state index in [9.17, 15) is 4.39 Å². The zero-order valence-electron chi connectivity index (χ0n) is 13.1. The van der Waals surface area contributed by atoms with E-state index >= 15 is 0 Å². The lowest BCUT2D eigenvalue weighted by Crippen LogP contribution is -2.11. The highest BCUT2D eigenvalue weighted by molar-refractivity contribution is 5.65. The van der Waals surface area contributed by atoms with Crippen molar-refractivity contribution in [3.05, 3.63) is 59.4 Å². The molecule has 2 rings (SSSR count). The Morgan fingerprint density at radius 2 is 1.67 bits per heavy atom. The molecular weight excluding hydrogens is 261 g/mol. The fraction of sp³-hybridized carbons (Fsp3) is 0.368. The van der Waals surface area contributed by atoms with E-state index in [0.29, 0.717) is 11.5 Å². The van der Waals surface area contributed by atoms with E-state index in [0.717, 1.165) is 30.6 Å². The summed E-state index contributed by atoms with van der Waals surface area (Å²) >= 11 is 0. The van der Waals surface area contributed by atoms with Crippen molar-refractivity contribution in [2.24, 2.45) is 5.92 Å². The van der Waals surface area contributed by atoms with Crippen LogP contribution in [0, 0.1) is 11.7 Å². The maximum atomic E-state index is 14.1. The van der Waals surface area contributed by atoms with Crippen molar-refractivity contribution in [2.75, 3.05) is 6.54 Å². The number of hydrogen-bond donors (Lipinski definition) is 1. The van der Waals surface area contributed by atoms with Crippen LogP contribution in [0.2, 0.25) is 0 Å². The largest absolute Gasteiger partial charge is 0.313 e. The molecule has 0 aliphatic rings. The molecule has 0 bridgehead atoms. The third-order valence-electron chi connectivity index (χ3n) is 3.52. The molecule has 0 aliphatic heterocycles. The molecule has 0 aliphatic carbocycles. The quantitative estimate of drug-likeness (QED) is 0.804. The van der Waals surface area contributed by atoms with Gasteiger partial charge in [0.2, 0.25) is 0 Å². The molecule has 0 unspecified atom stereocenters. The fourth-order valence-electron chi connectivity index (χ4n) is 2.46. The average Bonchev–Trinajstić information content (AvgIpc) is 2.47. The maximum Gasteiger partial charge on any atom is 0.131 e. The van der Waals surface area contributed by atoms with Crippen molar-refractivity contribution in [1.82, 2.24) is 5.32 Å². The van der Waals surface area contributed by atoms with Gasteiger partial charge in [-0.05, 0) is 47.7 Å². The van der Waals surface area contributed by atoms with Crippen molar-refractivity contribution in [2.45, 2.75) is 33.7 Å². The Hall–Kier alpha value is -1.67. The van der Waals surface area contributed by atoms with Crippen LogP contribution in [-0.2, 0) is 13.0 Å². The topological polar surface area (TPSA) is 12.0 Å². The number of halogens is 1. The smallest absolute Gasteiger partial charge is 0.131 e. The Bertz CT molecular complexity index is 573. The van der Waals surface area contributed by atoms with Gasteiger partial charge in [-0.2, -0.15) is 0 Å². The first kappa shape index (κ1) is 15.7. The molecule has 112 valence electrons. The maximum absolute atomic E-state index is 14.1. The van der Waals surface area contributed by atoms with Crippen LogP contribution in [0.1, 0.15) is 31.9 Å². The van der Waals surface area contributed by atoms with Gasteiger partial charge in [0.15, 0.2) is 0 Å². The molecule has 0 saturated carbocycles. The van der Waals surface area contributed by atoms with Crippen molar-refractivity contribution < 1.29 is 4.39 Å². The summed E-state index contributed by atoms with van der Waals surface area (Å²) in [4.78, 5) is 0. The van der Waals surface area contributed by atoms with Crippen LogP contribution >= 0.6 is 0 Å². The molecule has 2 aromatic carbocycles. The van der Waals surface area contributed by atoms with Gasteiger partial charge in [0.1, 0.15) is 5.82 Å². The molecule has 0 heterocycles. The third kappa shape index (κ3) is 4.40. The van der Waals surface area contributed by atoms with Crippen LogP contribution in [0.4, 0.5) is 4.39 Å². The molecule has 1 nitrogen and oxygen atoms in total. The van der Waals surface area contributed by atoms with Crippen molar-refractivity contribution >= 4 is 0 Å². The highest BCUT2D eigenvalue weighted by atomic mass is 19.1. The Morgan fingerprint density at radius 3 is 2.29 bits per heavy atom. The van der Waals surface area contributed by atoms with E-state index in [1.54, 1.807) is 6.07 Å². The fourth-order valence-corrected chi connectivity index (χ4v) is 2.46. The normalized spacial score (nSPS) is 11.1. The lowest BCUT2D eigenvalue weighted by molar-refractivity contribution is 0.629. The highest BCUT2D eigenvalue weighted by Gasteiger charge is 2.07. The van der Waals surface area contributed by atoms with E-state index in [1.807, 2.05) is 24.3 Å². The summed E-state index contributed by atoms with van der Waals surface area (Å²) in [5.41, 5.74) is 4.04. The number of rotatable bonds is 6. The lowest BCUT2D eigenvalue weighted by atomic mass is 9.98. The van der Waals surface area contributed by atoms with E-state index in [4.69, 9.17) is 0 Å². The summed E-state index contributed by atoms with van der Waals surface area (Å²) in [7, 11) is 0. The molecule has 0 amide bonds. The van der Waals surface area contributed by atoms with Gasteiger partial charge in [-0.25, -0.2) is 4.39 Å². The Balaban J connectivity index is 2.23. The van der Waals surface area contributed by atoms with Crippen molar-refractivity contribution in [3.8, 4) is 11.1 Å². The number of hydrogen-bond acceptors (Lipinski definition) is 1. The van der Waals surface area contributed by atoms with Crippen LogP contribution in [0.3, 0.4) is 0 Å². The minimum Gasteiger partial charge on any atom is -0.313 e. The first-order valence-electron chi connectivity index (χ1n) is 7.68. The molecule has 0 spiro atoms. The SMILES string of the molecule is CCNCc1ccc(F)c(-c2ccc(CC(C)C)cc2)c1. The molecular formula is C19H24FN. The Morgan fingerprint density at radius 1 is 1.00 bits per heavy atom. The molecule has 0 radical (unpaired) electrons. The highest BCUT2D eigenvalue weighted by Crippen LogP contribution is 2.25. The van der Waals surface area contributed by atoms with Gasteiger partial charge in [-0.15, -0.1) is 0 Å². The summed E-state index contributed by atoms with van der Waals surface area (Å²) in [5, 5.41) is 3.27. The Kier molecular flexibility index (Phi) is 5.51. The van der Waals surface area contributed by atoms with Gasteiger partial charge in [0.25, 0.3) is 0 Å². The molecule has 0 saturated heterocycles. The second-order valence-electron chi connectivity index (χ2n) is 5.89. The van der Waals surface area contributed by atoms with Crippen LogP contribution in [-0.4, -0.2) is 6.54 Å². The monoisotopic (exact) mass is 285 g/mol. The van der Waals surface area contributed by atoms with Gasteiger partial charge in [0, 0.05) is 12.1 Å². The molecule has 2 heteroatoms. The van der Waals surface area contributed by atoms with E-state index in [2.05, 4.69) is 38.2 Å². The van der Waals surface area contributed by atoms with Crippen LogP contribution < -0.4 is 5.32 Å². The van der Waals surface area contributed by atoms with Crippen LogP contribution in [0.15, 0.2) is 42.5 Å².